The van der Waals surface area contributed by atoms with E-state index in [1.807, 2.05) is 35.2 Å². The maximum absolute atomic E-state index is 12.5. The van der Waals surface area contributed by atoms with E-state index in [1.165, 1.54) is 0 Å². The largest absolute Gasteiger partial charge is 0.342 e. The van der Waals surface area contributed by atoms with E-state index < -0.39 is 0 Å². The molecule has 1 fully saturated rings. The standard InChI is InChI=1S/C15H22N2O.ClH/c1-12-7-9-17(10-8-12)15(18)14(11-16)13-5-3-2-4-6-13;/h2-6,12,14H,7-11,16H2,1H3;1H. The Labute approximate surface area is 121 Å². The number of carbonyl (C=O) groups excluding carboxylic acids is 1. The van der Waals surface area contributed by atoms with E-state index >= 15 is 0 Å². The number of piperidine rings is 1. The molecule has 19 heavy (non-hydrogen) atoms. The minimum atomic E-state index is -0.181. The Morgan fingerprint density at radius 1 is 1.32 bits per heavy atom. The van der Waals surface area contributed by atoms with E-state index in [9.17, 15) is 4.79 Å². The summed E-state index contributed by atoms with van der Waals surface area (Å²) in [5.41, 5.74) is 6.82. The van der Waals surface area contributed by atoms with Gasteiger partial charge in [0.2, 0.25) is 5.91 Å². The Kier molecular flexibility index (Phi) is 6.32. The summed E-state index contributed by atoms with van der Waals surface area (Å²) >= 11 is 0. The molecule has 2 rings (SSSR count). The van der Waals surface area contributed by atoms with E-state index in [1.54, 1.807) is 0 Å². The lowest BCUT2D eigenvalue weighted by Crippen LogP contribution is -2.42. The molecule has 1 heterocycles. The first-order chi connectivity index (χ1) is 8.72. The van der Waals surface area contributed by atoms with Gasteiger partial charge in [0.05, 0.1) is 5.92 Å². The molecule has 0 radical (unpaired) electrons. The minimum Gasteiger partial charge on any atom is -0.342 e. The molecule has 1 saturated heterocycles. The highest BCUT2D eigenvalue weighted by Crippen LogP contribution is 2.22. The van der Waals surface area contributed by atoms with Crippen LogP contribution in [-0.2, 0) is 4.79 Å². The number of halogens is 1. The zero-order valence-electron chi connectivity index (χ0n) is 11.4. The van der Waals surface area contributed by atoms with E-state index in [-0.39, 0.29) is 24.2 Å². The highest BCUT2D eigenvalue weighted by Gasteiger charge is 2.27. The predicted octanol–water partition coefficient (Wildman–Crippen LogP) is 2.41. The van der Waals surface area contributed by atoms with Gasteiger partial charge in [-0.05, 0) is 24.3 Å². The van der Waals surface area contributed by atoms with Gasteiger partial charge >= 0.3 is 0 Å². The summed E-state index contributed by atoms with van der Waals surface area (Å²) < 4.78 is 0. The van der Waals surface area contributed by atoms with Gasteiger partial charge in [-0.3, -0.25) is 4.79 Å². The molecule has 1 aliphatic rings. The van der Waals surface area contributed by atoms with Crippen LogP contribution < -0.4 is 5.73 Å². The summed E-state index contributed by atoms with van der Waals surface area (Å²) in [6.07, 6.45) is 2.22. The summed E-state index contributed by atoms with van der Waals surface area (Å²) in [4.78, 5) is 14.5. The van der Waals surface area contributed by atoms with Gasteiger partial charge in [-0.25, -0.2) is 0 Å². The summed E-state index contributed by atoms with van der Waals surface area (Å²) in [6.45, 7) is 4.39. The van der Waals surface area contributed by atoms with Crippen molar-refractivity contribution in [2.75, 3.05) is 19.6 Å². The first-order valence-corrected chi connectivity index (χ1v) is 6.76. The molecule has 1 aliphatic heterocycles. The molecule has 3 nitrogen and oxygen atoms in total. The number of carbonyl (C=O) groups is 1. The van der Waals surface area contributed by atoms with Gasteiger partial charge in [0.1, 0.15) is 0 Å². The normalized spacial score (nSPS) is 17.7. The van der Waals surface area contributed by atoms with Crippen LogP contribution in [0.4, 0.5) is 0 Å². The van der Waals surface area contributed by atoms with Crippen LogP contribution in [0.5, 0.6) is 0 Å². The molecule has 0 spiro atoms. The molecule has 0 aliphatic carbocycles. The second kappa shape index (κ2) is 7.51. The minimum absolute atomic E-state index is 0. The van der Waals surface area contributed by atoms with Crippen molar-refractivity contribution < 1.29 is 4.79 Å². The van der Waals surface area contributed by atoms with Gasteiger partial charge in [-0.1, -0.05) is 37.3 Å². The quantitative estimate of drug-likeness (QED) is 0.925. The summed E-state index contributed by atoms with van der Waals surface area (Å²) in [5.74, 6) is 0.748. The Balaban J connectivity index is 0.00000180. The third kappa shape index (κ3) is 3.95. The fourth-order valence-corrected chi connectivity index (χ4v) is 2.51. The van der Waals surface area contributed by atoms with Crippen molar-refractivity contribution >= 4 is 18.3 Å². The van der Waals surface area contributed by atoms with Gasteiger partial charge in [0.25, 0.3) is 0 Å². The van der Waals surface area contributed by atoms with E-state index in [2.05, 4.69) is 6.92 Å². The monoisotopic (exact) mass is 282 g/mol. The molecule has 0 saturated carbocycles. The summed E-state index contributed by atoms with van der Waals surface area (Å²) in [5, 5.41) is 0. The third-order valence-corrected chi connectivity index (χ3v) is 3.83. The van der Waals surface area contributed by atoms with E-state index in [0.717, 1.165) is 37.4 Å². The lowest BCUT2D eigenvalue weighted by molar-refractivity contribution is -0.133. The Bertz CT molecular complexity index is 388. The van der Waals surface area contributed by atoms with Gasteiger partial charge < -0.3 is 10.6 Å². The molecular weight excluding hydrogens is 260 g/mol. The molecular formula is C15H23ClN2O. The predicted molar refractivity (Wildman–Crippen MR) is 80.5 cm³/mol. The van der Waals surface area contributed by atoms with E-state index in [4.69, 9.17) is 5.73 Å². The maximum Gasteiger partial charge on any atom is 0.231 e. The number of nitrogens with two attached hydrogens (primary N) is 1. The van der Waals surface area contributed by atoms with Crippen molar-refractivity contribution in [3.05, 3.63) is 35.9 Å². The number of hydrogen-bond donors (Lipinski definition) is 1. The molecule has 1 aromatic carbocycles. The van der Waals surface area contributed by atoms with Crippen LogP contribution in [0.25, 0.3) is 0 Å². The van der Waals surface area contributed by atoms with Crippen LogP contribution in [0.3, 0.4) is 0 Å². The zero-order chi connectivity index (χ0) is 13.0. The number of amides is 1. The maximum atomic E-state index is 12.5. The van der Waals surface area contributed by atoms with Crippen LogP contribution in [-0.4, -0.2) is 30.4 Å². The number of hydrogen-bond acceptors (Lipinski definition) is 2. The molecule has 4 heteroatoms. The van der Waals surface area contributed by atoms with Gasteiger partial charge in [-0.15, -0.1) is 12.4 Å². The van der Waals surface area contributed by atoms with E-state index in [0.29, 0.717) is 6.54 Å². The van der Waals surface area contributed by atoms with Gasteiger partial charge in [0.15, 0.2) is 0 Å². The Morgan fingerprint density at radius 3 is 2.42 bits per heavy atom. The molecule has 1 unspecified atom stereocenters. The molecule has 1 atom stereocenters. The average Bonchev–Trinajstić information content (AvgIpc) is 2.41. The van der Waals surface area contributed by atoms with Crippen LogP contribution in [0.15, 0.2) is 30.3 Å². The van der Waals surface area contributed by atoms with Crippen molar-refractivity contribution in [1.82, 2.24) is 4.90 Å². The molecule has 1 amide bonds. The van der Waals surface area contributed by atoms with Crippen molar-refractivity contribution in [2.45, 2.75) is 25.7 Å². The lowest BCUT2D eigenvalue weighted by Gasteiger charge is -2.33. The number of rotatable bonds is 3. The van der Waals surface area contributed by atoms with Crippen molar-refractivity contribution in [2.24, 2.45) is 11.7 Å². The molecule has 1 aromatic rings. The molecule has 106 valence electrons. The number of nitrogens with zero attached hydrogens (tertiary/aromatic N) is 1. The summed E-state index contributed by atoms with van der Waals surface area (Å²) in [7, 11) is 0. The highest BCUT2D eigenvalue weighted by atomic mass is 35.5. The van der Waals surface area contributed by atoms with Gasteiger partial charge in [0, 0.05) is 19.6 Å². The van der Waals surface area contributed by atoms with Crippen LogP contribution >= 0.6 is 12.4 Å². The third-order valence-electron chi connectivity index (χ3n) is 3.83. The Hall–Kier alpha value is -1.06. The topological polar surface area (TPSA) is 46.3 Å². The fourth-order valence-electron chi connectivity index (χ4n) is 2.51. The smallest absolute Gasteiger partial charge is 0.231 e. The van der Waals surface area contributed by atoms with Crippen molar-refractivity contribution in [3.8, 4) is 0 Å². The second-order valence-corrected chi connectivity index (χ2v) is 5.21. The molecule has 0 bridgehead atoms. The second-order valence-electron chi connectivity index (χ2n) is 5.21. The average molecular weight is 283 g/mol. The number of likely N-dealkylation sites (tertiary alicyclic amines) is 1. The number of benzene rings is 1. The lowest BCUT2D eigenvalue weighted by atomic mass is 9.94. The highest BCUT2D eigenvalue weighted by molar-refractivity contribution is 5.85. The fraction of sp³-hybridized carbons (Fsp3) is 0.533. The van der Waals surface area contributed by atoms with Crippen LogP contribution in [0.1, 0.15) is 31.2 Å². The SMILES string of the molecule is CC1CCN(C(=O)C(CN)c2ccccc2)CC1.Cl. The van der Waals surface area contributed by atoms with Gasteiger partial charge in [-0.2, -0.15) is 0 Å². The van der Waals surface area contributed by atoms with Crippen molar-refractivity contribution in [3.63, 3.8) is 0 Å². The first kappa shape index (κ1) is 16.0. The van der Waals surface area contributed by atoms with Crippen molar-refractivity contribution in [1.29, 1.82) is 0 Å². The molecule has 0 aromatic heterocycles. The van der Waals surface area contributed by atoms with Crippen LogP contribution in [0.2, 0.25) is 0 Å². The van der Waals surface area contributed by atoms with Crippen LogP contribution in [0, 0.1) is 5.92 Å². The Morgan fingerprint density at radius 2 is 1.89 bits per heavy atom. The summed E-state index contributed by atoms with van der Waals surface area (Å²) in [6, 6.07) is 9.86. The molecule has 2 N–H and O–H groups in total. The first-order valence-electron chi connectivity index (χ1n) is 6.76. The zero-order valence-corrected chi connectivity index (χ0v) is 12.2.